The Morgan fingerprint density at radius 3 is 2.00 bits per heavy atom. The first-order valence-corrected chi connectivity index (χ1v) is 8.54. The molecule has 0 radical (unpaired) electrons. The molecule has 0 heterocycles. The summed E-state index contributed by atoms with van der Waals surface area (Å²) in [5, 5.41) is 5.75. The molecule has 0 N–H and O–H groups in total. The van der Waals surface area contributed by atoms with Gasteiger partial charge in [-0.15, -0.1) is 0 Å². The zero-order chi connectivity index (χ0) is 14.9. The molecule has 108 valence electrons. The highest BCUT2D eigenvalue weighted by molar-refractivity contribution is 6.77. The molecule has 0 aliphatic rings. The fraction of sp³-hybridized carbons (Fsp3) is 0.176. The van der Waals surface area contributed by atoms with Crippen LogP contribution in [0.2, 0.25) is 0 Å². The third-order valence-electron chi connectivity index (χ3n) is 3.92. The lowest BCUT2D eigenvalue weighted by Gasteiger charge is -2.26. The summed E-state index contributed by atoms with van der Waals surface area (Å²) in [6.45, 7) is 0. The maximum Gasteiger partial charge on any atom is 0.537 e. The minimum absolute atomic E-state index is 0.998. The first-order valence-electron chi connectivity index (χ1n) is 6.82. The van der Waals surface area contributed by atoms with Gasteiger partial charge >= 0.3 is 8.80 Å². The molecule has 3 aromatic carbocycles. The highest BCUT2D eigenvalue weighted by Gasteiger charge is 2.42. The van der Waals surface area contributed by atoms with Crippen molar-refractivity contribution in [1.82, 2.24) is 0 Å². The molecule has 0 bridgehead atoms. The van der Waals surface area contributed by atoms with Gasteiger partial charge in [-0.25, -0.2) is 0 Å². The molecule has 21 heavy (non-hydrogen) atoms. The Kier molecular flexibility index (Phi) is 3.78. The number of benzene rings is 3. The fourth-order valence-electron chi connectivity index (χ4n) is 2.89. The number of hydrogen-bond donors (Lipinski definition) is 0. The molecule has 0 spiro atoms. The lowest BCUT2D eigenvalue weighted by molar-refractivity contribution is 0.140. The maximum atomic E-state index is 5.64. The van der Waals surface area contributed by atoms with Crippen LogP contribution in [0.5, 0.6) is 0 Å². The van der Waals surface area contributed by atoms with Crippen LogP contribution in [0.4, 0.5) is 0 Å². The molecule has 4 heteroatoms. The quantitative estimate of drug-likeness (QED) is 0.547. The second-order valence-electron chi connectivity index (χ2n) is 4.86. The summed E-state index contributed by atoms with van der Waals surface area (Å²) in [6.07, 6.45) is 0. The van der Waals surface area contributed by atoms with E-state index < -0.39 is 8.80 Å². The summed E-state index contributed by atoms with van der Waals surface area (Å²) in [4.78, 5) is 0. The van der Waals surface area contributed by atoms with Crippen molar-refractivity contribution in [2.75, 3.05) is 21.3 Å². The van der Waals surface area contributed by atoms with Crippen molar-refractivity contribution >= 4 is 35.5 Å². The van der Waals surface area contributed by atoms with Crippen molar-refractivity contribution in [3.05, 3.63) is 54.6 Å². The van der Waals surface area contributed by atoms with Crippen LogP contribution in [0, 0.1) is 0 Å². The molecule has 0 aliphatic carbocycles. The van der Waals surface area contributed by atoms with Gasteiger partial charge in [-0.3, -0.25) is 0 Å². The van der Waals surface area contributed by atoms with Crippen LogP contribution in [0.1, 0.15) is 0 Å². The molecule has 3 nitrogen and oxygen atoms in total. The van der Waals surface area contributed by atoms with E-state index in [1.807, 2.05) is 12.1 Å². The summed E-state index contributed by atoms with van der Waals surface area (Å²) in [7, 11) is 2.07. The molecular formula is C17H18O3Si. The van der Waals surface area contributed by atoms with E-state index in [4.69, 9.17) is 13.3 Å². The zero-order valence-electron chi connectivity index (χ0n) is 12.4. The molecular weight excluding hydrogens is 280 g/mol. The van der Waals surface area contributed by atoms with Crippen molar-refractivity contribution in [1.29, 1.82) is 0 Å². The summed E-state index contributed by atoms with van der Waals surface area (Å²) in [6, 6.07) is 18.8. The molecule has 3 rings (SSSR count). The zero-order valence-corrected chi connectivity index (χ0v) is 13.4. The topological polar surface area (TPSA) is 27.7 Å². The molecule has 0 atom stereocenters. The van der Waals surface area contributed by atoms with Crippen molar-refractivity contribution in [3.63, 3.8) is 0 Å². The highest BCUT2D eigenvalue weighted by atomic mass is 28.4. The second-order valence-corrected chi connectivity index (χ2v) is 7.73. The van der Waals surface area contributed by atoms with Crippen molar-refractivity contribution in [2.45, 2.75) is 0 Å². The Balaban J connectivity index is 2.38. The summed E-state index contributed by atoms with van der Waals surface area (Å²) >= 11 is 0. The van der Waals surface area contributed by atoms with E-state index >= 15 is 0 Å². The van der Waals surface area contributed by atoms with Crippen LogP contribution in [0.25, 0.3) is 21.5 Å². The van der Waals surface area contributed by atoms with Crippen molar-refractivity contribution in [3.8, 4) is 0 Å². The largest absolute Gasteiger partial charge is 0.537 e. The van der Waals surface area contributed by atoms with Gasteiger partial charge in [-0.05, 0) is 21.5 Å². The van der Waals surface area contributed by atoms with Crippen molar-refractivity contribution in [2.24, 2.45) is 0 Å². The molecule has 0 aromatic heterocycles. The Hall–Kier alpha value is -1.72. The van der Waals surface area contributed by atoms with E-state index in [-0.39, 0.29) is 0 Å². The van der Waals surface area contributed by atoms with Crippen LogP contribution in [-0.4, -0.2) is 30.1 Å². The minimum atomic E-state index is -2.85. The van der Waals surface area contributed by atoms with Gasteiger partial charge in [-0.2, -0.15) is 0 Å². The van der Waals surface area contributed by atoms with Crippen molar-refractivity contribution < 1.29 is 13.3 Å². The average molecular weight is 298 g/mol. The molecule has 0 fully saturated rings. The van der Waals surface area contributed by atoms with Gasteiger partial charge in [0.2, 0.25) is 0 Å². The Morgan fingerprint density at radius 2 is 1.29 bits per heavy atom. The van der Waals surface area contributed by atoms with E-state index in [1.165, 1.54) is 16.2 Å². The third kappa shape index (κ3) is 2.17. The molecule has 0 aliphatic heterocycles. The standard InChI is InChI=1S/C17H18O3Si/c1-18-21(19-2,20-3)17-10-6-9-15-14-8-5-4-7-13(14)11-12-16(15)17/h4-12H,1-3H3. The Labute approximate surface area is 125 Å². The molecule has 0 amide bonds. The van der Waals surface area contributed by atoms with Crippen LogP contribution in [-0.2, 0) is 13.3 Å². The first kappa shape index (κ1) is 14.2. The van der Waals surface area contributed by atoms with Crippen LogP contribution < -0.4 is 5.19 Å². The molecule has 3 aromatic rings. The fourth-order valence-corrected chi connectivity index (χ4v) is 4.90. The average Bonchev–Trinajstić information content (AvgIpc) is 2.57. The third-order valence-corrected chi connectivity index (χ3v) is 6.63. The predicted molar refractivity (Wildman–Crippen MR) is 87.9 cm³/mol. The number of fused-ring (bicyclic) bond motifs is 3. The Morgan fingerprint density at radius 1 is 0.619 bits per heavy atom. The van der Waals surface area contributed by atoms with Gasteiger partial charge in [0.1, 0.15) is 0 Å². The maximum absolute atomic E-state index is 5.64. The van der Waals surface area contributed by atoms with Gasteiger partial charge in [0.15, 0.2) is 0 Å². The Bertz CT molecular complexity index is 773. The number of hydrogen-bond acceptors (Lipinski definition) is 3. The lowest BCUT2D eigenvalue weighted by Crippen LogP contribution is -2.54. The monoisotopic (exact) mass is 298 g/mol. The van der Waals surface area contributed by atoms with Crippen LogP contribution in [0.15, 0.2) is 54.6 Å². The first-order chi connectivity index (χ1) is 10.3. The lowest BCUT2D eigenvalue weighted by atomic mass is 10.0. The van der Waals surface area contributed by atoms with E-state index in [1.54, 1.807) is 21.3 Å². The SMILES string of the molecule is CO[Si](OC)(OC)c1cccc2c1ccc1ccccc12. The van der Waals surface area contributed by atoms with E-state index in [9.17, 15) is 0 Å². The number of rotatable bonds is 4. The molecule has 0 saturated carbocycles. The highest BCUT2D eigenvalue weighted by Crippen LogP contribution is 2.25. The van der Waals surface area contributed by atoms with Crippen LogP contribution in [0.3, 0.4) is 0 Å². The smallest absolute Gasteiger partial charge is 0.373 e. The predicted octanol–water partition coefficient (Wildman–Crippen LogP) is 3.08. The van der Waals surface area contributed by atoms with E-state index in [2.05, 4.69) is 42.5 Å². The van der Waals surface area contributed by atoms with Gasteiger partial charge in [0.25, 0.3) is 0 Å². The summed E-state index contributed by atoms with van der Waals surface area (Å²) in [5.41, 5.74) is 0. The minimum Gasteiger partial charge on any atom is -0.373 e. The second kappa shape index (κ2) is 5.58. The normalized spacial score (nSPS) is 12.1. The summed E-state index contributed by atoms with van der Waals surface area (Å²) < 4.78 is 16.9. The summed E-state index contributed by atoms with van der Waals surface area (Å²) in [5.74, 6) is 0. The van der Waals surface area contributed by atoms with E-state index in [0.717, 1.165) is 10.6 Å². The molecule has 0 unspecified atom stereocenters. The van der Waals surface area contributed by atoms with Crippen LogP contribution >= 0.6 is 0 Å². The van der Waals surface area contributed by atoms with E-state index in [0.29, 0.717) is 0 Å². The van der Waals surface area contributed by atoms with Gasteiger partial charge in [-0.1, -0.05) is 54.6 Å². The molecule has 0 saturated heterocycles. The van der Waals surface area contributed by atoms with Gasteiger partial charge in [0.05, 0.1) is 0 Å². The van der Waals surface area contributed by atoms with Gasteiger partial charge < -0.3 is 13.3 Å². The van der Waals surface area contributed by atoms with Gasteiger partial charge in [0, 0.05) is 26.5 Å².